The van der Waals surface area contributed by atoms with Crippen molar-refractivity contribution in [2.75, 3.05) is 12.9 Å². The standard InChI is InChI=1S/C28H38N2O3S/c1-20-14-21(2)16-24(15-20)18-34-19-27(31)30(17-23-10-12-26(33-4)13-11-23)22(3)28(32)29-25-8-6-5-7-9-25/h10-16,22,25H,5-9,17-19H2,1-4H3,(H,29,32). The fraction of sp³-hybridized carbons (Fsp3) is 0.500. The van der Waals surface area contributed by atoms with Crippen LogP contribution in [0.5, 0.6) is 5.75 Å². The van der Waals surface area contributed by atoms with Crippen molar-refractivity contribution in [1.82, 2.24) is 10.2 Å². The molecule has 1 saturated carbocycles. The number of nitrogens with one attached hydrogen (secondary N) is 1. The van der Waals surface area contributed by atoms with Gasteiger partial charge in [0.2, 0.25) is 11.8 Å². The van der Waals surface area contributed by atoms with Crippen LogP contribution in [0.2, 0.25) is 0 Å². The van der Waals surface area contributed by atoms with Crippen molar-refractivity contribution in [2.45, 2.75) is 77.3 Å². The van der Waals surface area contributed by atoms with Gasteiger partial charge in [-0.2, -0.15) is 0 Å². The third kappa shape index (κ3) is 7.79. The van der Waals surface area contributed by atoms with E-state index in [1.54, 1.807) is 23.8 Å². The monoisotopic (exact) mass is 482 g/mol. The summed E-state index contributed by atoms with van der Waals surface area (Å²) >= 11 is 1.60. The number of hydrogen-bond acceptors (Lipinski definition) is 4. The van der Waals surface area contributed by atoms with Gasteiger partial charge in [-0.1, -0.05) is 60.7 Å². The molecular formula is C28H38N2O3S. The zero-order chi connectivity index (χ0) is 24.5. The third-order valence-corrected chi connectivity index (χ3v) is 7.40. The van der Waals surface area contributed by atoms with Crippen LogP contribution in [0.4, 0.5) is 0 Å². The SMILES string of the molecule is COc1ccc(CN(C(=O)CSCc2cc(C)cc(C)c2)C(C)C(=O)NC2CCCCC2)cc1. The Morgan fingerprint density at radius 1 is 1.03 bits per heavy atom. The second-order valence-electron chi connectivity index (χ2n) is 9.38. The van der Waals surface area contributed by atoms with Crippen molar-refractivity contribution in [2.24, 2.45) is 0 Å². The topological polar surface area (TPSA) is 58.6 Å². The molecule has 1 fully saturated rings. The minimum Gasteiger partial charge on any atom is -0.497 e. The van der Waals surface area contributed by atoms with Crippen LogP contribution in [0.25, 0.3) is 0 Å². The molecule has 0 aliphatic heterocycles. The number of methoxy groups -OCH3 is 1. The van der Waals surface area contributed by atoms with E-state index in [1.807, 2.05) is 31.2 Å². The number of carbonyl (C=O) groups is 2. The fourth-order valence-corrected chi connectivity index (χ4v) is 5.42. The van der Waals surface area contributed by atoms with Crippen molar-refractivity contribution >= 4 is 23.6 Å². The maximum atomic E-state index is 13.3. The molecule has 184 valence electrons. The van der Waals surface area contributed by atoms with E-state index in [2.05, 4.69) is 37.4 Å². The molecule has 0 radical (unpaired) electrons. The summed E-state index contributed by atoms with van der Waals surface area (Å²) in [6.07, 6.45) is 5.60. The quantitative estimate of drug-likeness (QED) is 0.492. The highest BCUT2D eigenvalue weighted by Gasteiger charge is 2.28. The zero-order valence-corrected chi connectivity index (χ0v) is 21.7. The van der Waals surface area contributed by atoms with Crippen LogP contribution in [0, 0.1) is 13.8 Å². The summed E-state index contributed by atoms with van der Waals surface area (Å²) < 4.78 is 5.26. The van der Waals surface area contributed by atoms with E-state index in [-0.39, 0.29) is 17.9 Å². The number of benzene rings is 2. The number of thioether (sulfide) groups is 1. The Hall–Kier alpha value is -2.47. The third-order valence-electron chi connectivity index (χ3n) is 6.41. The number of aryl methyl sites for hydroxylation is 2. The molecule has 0 saturated heterocycles. The van der Waals surface area contributed by atoms with Crippen LogP contribution in [0.15, 0.2) is 42.5 Å². The van der Waals surface area contributed by atoms with Gasteiger partial charge in [-0.05, 0) is 56.9 Å². The lowest BCUT2D eigenvalue weighted by molar-refractivity contribution is -0.139. The van der Waals surface area contributed by atoms with Gasteiger partial charge in [-0.15, -0.1) is 11.8 Å². The Bertz CT molecular complexity index is 934. The molecule has 5 nitrogen and oxygen atoms in total. The first-order valence-corrected chi connectivity index (χ1v) is 13.4. The summed E-state index contributed by atoms with van der Waals surface area (Å²) in [5, 5.41) is 3.19. The van der Waals surface area contributed by atoms with Gasteiger partial charge in [0.25, 0.3) is 0 Å². The average molecular weight is 483 g/mol. The predicted octanol–water partition coefficient (Wildman–Crippen LogP) is 5.41. The summed E-state index contributed by atoms with van der Waals surface area (Å²) in [7, 11) is 1.63. The van der Waals surface area contributed by atoms with Crippen molar-refractivity contribution in [3.63, 3.8) is 0 Å². The largest absolute Gasteiger partial charge is 0.497 e. The highest BCUT2D eigenvalue weighted by molar-refractivity contribution is 7.99. The Balaban J connectivity index is 1.66. The van der Waals surface area contributed by atoms with Crippen LogP contribution in [0.1, 0.15) is 61.3 Å². The van der Waals surface area contributed by atoms with Crippen molar-refractivity contribution in [1.29, 1.82) is 0 Å². The molecule has 0 aromatic heterocycles. The minimum atomic E-state index is -0.529. The number of nitrogens with zero attached hydrogens (tertiary/aromatic N) is 1. The first-order valence-electron chi connectivity index (χ1n) is 12.2. The van der Waals surface area contributed by atoms with Gasteiger partial charge in [0.15, 0.2) is 0 Å². The molecule has 3 rings (SSSR count). The van der Waals surface area contributed by atoms with Gasteiger partial charge in [-0.25, -0.2) is 0 Å². The molecular weight excluding hydrogens is 444 g/mol. The Labute approximate surface area is 208 Å². The van der Waals surface area contributed by atoms with Crippen LogP contribution >= 0.6 is 11.8 Å². The molecule has 34 heavy (non-hydrogen) atoms. The number of rotatable bonds is 10. The molecule has 1 unspecified atom stereocenters. The molecule has 0 heterocycles. The Kier molecular flexibility index (Phi) is 9.87. The average Bonchev–Trinajstić information content (AvgIpc) is 2.82. The normalized spacial score (nSPS) is 14.9. The van der Waals surface area contributed by atoms with E-state index in [0.717, 1.165) is 42.7 Å². The van der Waals surface area contributed by atoms with Gasteiger partial charge < -0.3 is 15.0 Å². The lowest BCUT2D eigenvalue weighted by Gasteiger charge is -2.31. The number of amides is 2. The van der Waals surface area contributed by atoms with Gasteiger partial charge >= 0.3 is 0 Å². The number of hydrogen-bond donors (Lipinski definition) is 1. The summed E-state index contributed by atoms with van der Waals surface area (Å²) in [5.74, 6) is 1.80. The maximum Gasteiger partial charge on any atom is 0.242 e. The summed E-state index contributed by atoms with van der Waals surface area (Å²) in [6.45, 7) is 6.42. The van der Waals surface area contributed by atoms with Gasteiger partial charge in [0, 0.05) is 18.3 Å². The van der Waals surface area contributed by atoms with Crippen LogP contribution in [0.3, 0.4) is 0 Å². The molecule has 2 amide bonds. The minimum absolute atomic E-state index is 0.0171. The molecule has 2 aromatic rings. The summed E-state index contributed by atoms with van der Waals surface area (Å²) in [5.41, 5.74) is 4.66. The predicted molar refractivity (Wildman–Crippen MR) is 140 cm³/mol. The molecule has 1 aliphatic rings. The van der Waals surface area contributed by atoms with E-state index >= 15 is 0 Å². The fourth-order valence-electron chi connectivity index (χ4n) is 4.57. The highest BCUT2D eigenvalue weighted by Crippen LogP contribution is 2.21. The van der Waals surface area contributed by atoms with Crippen molar-refractivity contribution in [3.05, 3.63) is 64.7 Å². The van der Waals surface area contributed by atoms with Gasteiger partial charge in [-0.3, -0.25) is 9.59 Å². The van der Waals surface area contributed by atoms with Gasteiger partial charge in [0.1, 0.15) is 11.8 Å². The number of carbonyl (C=O) groups excluding carboxylic acids is 2. The van der Waals surface area contributed by atoms with Crippen molar-refractivity contribution in [3.8, 4) is 5.75 Å². The molecule has 6 heteroatoms. The van der Waals surface area contributed by atoms with E-state index in [1.165, 1.54) is 23.1 Å². The lowest BCUT2D eigenvalue weighted by atomic mass is 9.95. The second kappa shape index (κ2) is 12.8. The van der Waals surface area contributed by atoms with E-state index < -0.39 is 6.04 Å². The Morgan fingerprint density at radius 3 is 2.29 bits per heavy atom. The lowest BCUT2D eigenvalue weighted by Crippen LogP contribution is -2.50. The smallest absolute Gasteiger partial charge is 0.242 e. The van der Waals surface area contributed by atoms with E-state index in [0.29, 0.717) is 12.3 Å². The second-order valence-corrected chi connectivity index (χ2v) is 10.4. The summed E-state index contributed by atoms with van der Waals surface area (Å²) in [4.78, 5) is 28.1. The van der Waals surface area contributed by atoms with E-state index in [9.17, 15) is 9.59 Å². The van der Waals surface area contributed by atoms with Crippen LogP contribution in [-0.4, -0.2) is 41.7 Å². The van der Waals surface area contributed by atoms with Crippen LogP contribution < -0.4 is 10.1 Å². The van der Waals surface area contributed by atoms with Crippen LogP contribution in [-0.2, 0) is 21.9 Å². The molecule has 1 atom stereocenters. The molecule has 0 spiro atoms. The molecule has 1 N–H and O–H groups in total. The molecule has 2 aromatic carbocycles. The highest BCUT2D eigenvalue weighted by atomic mass is 32.2. The Morgan fingerprint density at radius 2 is 1.68 bits per heavy atom. The number of ether oxygens (including phenoxy) is 1. The zero-order valence-electron chi connectivity index (χ0n) is 20.9. The van der Waals surface area contributed by atoms with Crippen molar-refractivity contribution < 1.29 is 14.3 Å². The first kappa shape index (κ1) is 26.1. The molecule has 1 aliphatic carbocycles. The summed E-state index contributed by atoms with van der Waals surface area (Å²) in [6, 6.07) is 13.9. The van der Waals surface area contributed by atoms with E-state index in [4.69, 9.17) is 4.74 Å². The maximum absolute atomic E-state index is 13.3. The van der Waals surface area contributed by atoms with Gasteiger partial charge in [0.05, 0.1) is 12.9 Å². The molecule has 0 bridgehead atoms. The first-order chi connectivity index (χ1) is 16.4.